The molecule has 1 saturated heterocycles. The van der Waals surface area contributed by atoms with Crippen LogP contribution in [0, 0.1) is 6.92 Å². The van der Waals surface area contributed by atoms with Crippen molar-refractivity contribution in [3.63, 3.8) is 0 Å². The highest BCUT2D eigenvalue weighted by atomic mass is 127. The topological polar surface area (TPSA) is 69.5 Å². The average molecular weight is 515 g/mol. The first-order valence-corrected chi connectivity index (χ1v) is 10.5. The predicted molar refractivity (Wildman–Crippen MR) is 127 cm³/mol. The minimum Gasteiger partial charge on any atom is -0.357 e. The van der Waals surface area contributed by atoms with Gasteiger partial charge in [-0.2, -0.15) is 4.37 Å². The number of aryl methyl sites for hydroxylation is 2. The largest absolute Gasteiger partial charge is 0.357 e. The molecule has 2 aromatic heterocycles. The number of guanidine groups is 1. The number of nitrogens with zero attached hydrogens (tertiary/aromatic N) is 6. The molecule has 0 radical (unpaired) electrons. The molecule has 1 fully saturated rings. The third-order valence-electron chi connectivity index (χ3n) is 4.74. The normalized spacial score (nSPS) is 14.8. The molecule has 154 valence electrons. The molecule has 1 N–H and O–H groups in total. The van der Waals surface area contributed by atoms with E-state index >= 15 is 0 Å². The molecule has 0 unspecified atom stereocenters. The summed E-state index contributed by atoms with van der Waals surface area (Å²) in [6.07, 6.45) is 5.60. The number of rotatable bonds is 6. The van der Waals surface area contributed by atoms with Crippen LogP contribution in [-0.2, 0) is 12.8 Å². The Kier molecular flexibility index (Phi) is 9.36. The molecule has 0 aromatic carbocycles. The van der Waals surface area contributed by atoms with E-state index in [0.717, 1.165) is 69.0 Å². The van der Waals surface area contributed by atoms with Crippen molar-refractivity contribution in [2.45, 2.75) is 33.6 Å². The third-order valence-corrected chi connectivity index (χ3v) is 5.55. The summed E-state index contributed by atoms with van der Waals surface area (Å²) in [4.78, 5) is 18.3. The van der Waals surface area contributed by atoms with Crippen LogP contribution in [0.15, 0.2) is 23.5 Å². The molecular formula is C19H30IN7S. The fourth-order valence-corrected chi connectivity index (χ4v) is 3.92. The van der Waals surface area contributed by atoms with E-state index in [1.165, 1.54) is 22.7 Å². The van der Waals surface area contributed by atoms with Gasteiger partial charge in [-0.3, -0.25) is 9.98 Å². The summed E-state index contributed by atoms with van der Waals surface area (Å²) in [5, 5.41) is 4.48. The lowest BCUT2D eigenvalue weighted by Crippen LogP contribution is -2.52. The van der Waals surface area contributed by atoms with Crippen molar-refractivity contribution in [1.82, 2.24) is 24.6 Å². The van der Waals surface area contributed by atoms with Crippen LogP contribution in [0.3, 0.4) is 0 Å². The van der Waals surface area contributed by atoms with Gasteiger partial charge in [-0.25, -0.2) is 4.98 Å². The van der Waals surface area contributed by atoms with E-state index in [1.54, 1.807) is 0 Å². The van der Waals surface area contributed by atoms with Crippen LogP contribution >= 0.6 is 35.5 Å². The Morgan fingerprint density at radius 2 is 2.04 bits per heavy atom. The monoisotopic (exact) mass is 515 g/mol. The van der Waals surface area contributed by atoms with Crippen LogP contribution < -0.4 is 10.2 Å². The second-order valence-corrected chi connectivity index (χ2v) is 7.34. The molecule has 0 bridgehead atoms. The lowest BCUT2D eigenvalue weighted by Gasteiger charge is -2.36. The summed E-state index contributed by atoms with van der Waals surface area (Å²) in [6.45, 7) is 11.8. The smallest absolute Gasteiger partial charge is 0.205 e. The van der Waals surface area contributed by atoms with Gasteiger partial charge in [-0.05, 0) is 37.5 Å². The van der Waals surface area contributed by atoms with Crippen molar-refractivity contribution in [2.75, 3.05) is 44.2 Å². The maximum Gasteiger partial charge on any atom is 0.205 e. The quantitative estimate of drug-likeness (QED) is 0.363. The Labute approximate surface area is 188 Å². The molecule has 0 saturated carbocycles. The molecule has 0 amide bonds. The van der Waals surface area contributed by atoms with Crippen LogP contribution in [-0.4, -0.2) is 64.5 Å². The predicted octanol–water partition coefficient (Wildman–Crippen LogP) is 2.75. The van der Waals surface area contributed by atoms with E-state index in [4.69, 9.17) is 4.99 Å². The highest BCUT2D eigenvalue weighted by Crippen LogP contribution is 2.19. The number of piperazine rings is 1. The van der Waals surface area contributed by atoms with Crippen LogP contribution in [0.5, 0.6) is 0 Å². The summed E-state index contributed by atoms with van der Waals surface area (Å²) in [5.74, 6) is 1.95. The summed E-state index contributed by atoms with van der Waals surface area (Å²) in [7, 11) is 0. The van der Waals surface area contributed by atoms with Crippen LogP contribution in [0.2, 0.25) is 0 Å². The Morgan fingerprint density at radius 3 is 2.68 bits per heavy atom. The molecule has 3 heterocycles. The zero-order valence-corrected chi connectivity index (χ0v) is 20.0. The minimum absolute atomic E-state index is 0. The van der Waals surface area contributed by atoms with E-state index < -0.39 is 0 Å². The number of hydrogen-bond donors (Lipinski definition) is 1. The summed E-state index contributed by atoms with van der Waals surface area (Å²) >= 11 is 1.51. The Bertz CT molecular complexity index is 756. The first kappa shape index (κ1) is 22.8. The van der Waals surface area contributed by atoms with Gasteiger partial charge >= 0.3 is 0 Å². The van der Waals surface area contributed by atoms with Gasteiger partial charge in [0.1, 0.15) is 5.82 Å². The summed E-state index contributed by atoms with van der Waals surface area (Å²) in [5.41, 5.74) is 2.55. The molecule has 0 atom stereocenters. The lowest BCUT2D eigenvalue weighted by atomic mass is 10.1. The number of aliphatic imine (C=N–C) groups is 1. The number of nitrogens with one attached hydrogen (secondary N) is 1. The molecule has 1 aliphatic heterocycles. The van der Waals surface area contributed by atoms with E-state index in [9.17, 15) is 0 Å². The maximum absolute atomic E-state index is 4.86. The van der Waals surface area contributed by atoms with Gasteiger partial charge in [-0.15, -0.1) is 24.0 Å². The zero-order valence-electron chi connectivity index (χ0n) is 16.9. The Morgan fingerprint density at radius 1 is 1.25 bits per heavy atom. The molecule has 1 aliphatic rings. The van der Waals surface area contributed by atoms with E-state index in [0.29, 0.717) is 0 Å². The number of hydrogen-bond acceptors (Lipinski definition) is 6. The van der Waals surface area contributed by atoms with Crippen LogP contribution in [0.1, 0.15) is 30.8 Å². The van der Waals surface area contributed by atoms with Crippen LogP contribution in [0.25, 0.3) is 0 Å². The van der Waals surface area contributed by atoms with Crippen molar-refractivity contribution in [2.24, 2.45) is 4.99 Å². The second-order valence-electron chi connectivity index (χ2n) is 6.61. The van der Waals surface area contributed by atoms with Crippen molar-refractivity contribution in [3.8, 4) is 0 Å². The van der Waals surface area contributed by atoms with Gasteiger partial charge in [-0.1, -0.05) is 6.92 Å². The molecule has 0 spiro atoms. The molecule has 2 aromatic rings. The zero-order chi connectivity index (χ0) is 19.1. The fraction of sp³-hybridized carbons (Fsp3) is 0.579. The van der Waals surface area contributed by atoms with Gasteiger partial charge in [0.05, 0.1) is 0 Å². The van der Waals surface area contributed by atoms with Crippen molar-refractivity contribution in [1.29, 1.82) is 0 Å². The first-order chi connectivity index (χ1) is 13.2. The molecular weight excluding hydrogens is 485 g/mol. The molecule has 28 heavy (non-hydrogen) atoms. The number of halogens is 1. The molecule has 0 aliphatic carbocycles. The molecule has 3 rings (SSSR count). The highest BCUT2D eigenvalue weighted by Gasteiger charge is 2.21. The van der Waals surface area contributed by atoms with Crippen molar-refractivity contribution >= 4 is 46.6 Å². The molecule has 7 nitrogen and oxygen atoms in total. The maximum atomic E-state index is 4.86. The van der Waals surface area contributed by atoms with Gasteiger partial charge in [0, 0.05) is 69.6 Å². The second kappa shape index (κ2) is 11.5. The Hall–Kier alpha value is -1.49. The average Bonchev–Trinajstić information content (AvgIpc) is 3.18. The van der Waals surface area contributed by atoms with E-state index in [-0.39, 0.29) is 24.0 Å². The van der Waals surface area contributed by atoms with Crippen LogP contribution in [0.4, 0.5) is 5.13 Å². The lowest BCUT2D eigenvalue weighted by molar-refractivity contribution is 0.372. The molecule has 9 heteroatoms. The standard InChI is InChI=1S/C19H29N7S.HI/c1-4-17-23-19(27-24-17)26-12-10-25(11-13-26)18(21-5-2)22-9-7-16-6-8-20-14-15(16)3;/h6,8,14H,4-5,7,9-13H2,1-3H3,(H,21,22);1H. The van der Waals surface area contributed by atoms with Gasteiger partial charge in [0.15, 0.2) is 5.96 Å². The summed E-state index contributed by atoms with van der Waals surface area (Å²) in [6, 6.07) is 2.09. The van der Waals surface area contributed by atoms with Gasteiger partial charge in [0.2, 0.25) is 5.13 Å². The number of aromatic nitrogens is 3. The Balaban J connectivity index is 0.00000280. The third kappa shape index (κ3) is 6.00. The number of pyridine rings is 1. The fourth-order valence-electron chi connectivity index (χ4n) is 3.12. The highest BCUT2D eigenvalue weighted by molar-refractivity contribution is 14.0. The summed E-state index contributed by atoms with van der Waals surface area (Å²) < 4.78 is 4.40. The van der Waals surface area contributed by atoms with Crippen molar-refractivity contribution < 1.29 is 0 Å². The van der Waals surface area contributed by atoms with Gasteiger partial charge < -0.3 is 15.1 Å². The van der Waals surface area contributed by atoms with E-state index in [1.807, 2.05) is 12.4 Å². The van der Waals surface area contributed by atoms with Gasteiger partial charge in [0.25, 0.3) is 0 Å². The first-order valence-electron chi connectivity index (χ1n) is 9.71. The number of anilines is 1. The van der Waals surface area contributed by atoms with E-state index in [2.05, 4.69) is 56.3 Å². The SMILES string of the molecule is CCNC(=NCCc1ccncc1C)N1CCN(c2nc(CC)ns2)CC1.I. The minimum atomic E-state index is 0. The van der Waals surface area contributed by atoms with Crippen molar-refractivity contribution in [3.05, 3.63) is 35.4 Å².